The van der Waals surface area contributed by atoms with E-state index in [0.717, 1.165) is 30.1 Å². The largest absolute Gasteiger partial charge is 0.319 e. The van der Waals surface area contributed by atoms with Gasteiger partial charge in [-0.15, -0.1) is 11.3 Å². The van der Waals surface area contributed by atoms with Crippen LogP contribution >= 0.6 is 39.0 Å². The topological polar surface area (TPSA) is 29.1 Å². The van der Waals surface area contributed by atoms with Gasteiger partial charge in [0.15, 0.2) is 0 Å². The Morgan fingerprint density at radius 1 is 1.24 bits per heavy atom. The number of anilines is 1. The zero-order valence-electron chi connectivity index (χ0n) is 10.7. The maximum atomic E-state index is 13.7. The minimum absolute atomic E-state index is 0.0293. The van der Waals surface area contributed by atoms with Gasteiger partial charge in [0.05, 0.1) is 15.0 Å². The zero-order valence-corrected chi connectivity index (χ0v) is 13.9. The Hall–Kier alpha value is -0.920. The summed E-state index contributed by atoms with van der Waals surface area (Å²) >= 11 is 6.16. The summed E-state index contributed by atoms with van der Waals surface area (Å²) in [7, 11) is 0. The smallest absolute Gasteiger partial charge is 0.265 e. The summed E-state index contributed by atoms with van der Waals surface area (Å²) in [6.45, 7) is 0. The Bertz CT molecular complexity index is 694. The first-order valence-electron chi connectivity index (χ1n) is 6.20. The Morgan fingerprint density at radius 3 is 2.81 bits per heavy atom. The van der Waals surface area contributed by atoms with Gasteiger partial charge in [-0.2, -0.15) is 11.8 Å². The number of thiophene rings is 1. The fraction of sp³-hybridized carbons (Fsp3) is 0.214. The summed E-state index contributed by atoms with van der Waals surface area (Å²) in [6, 6.07) is 3.82. The van der Waals surface area contributed by atoms with Crippen LogP contribution in [-0.2, 0) is 12.2 Å². The SMILES string of the molecule is O=C(Nc1cc(F)c(Br)cc1F)c1cc2c(s1)CCSC2. The van der Waals surface area contributed by atoms with Crippen LogP contribution in [0.1, 0.15) is 20.1 Å². The third-order valence-corrected chi connectivity index (χ3v) is 5.96. The lowest BCUT2D eigenvalue weighted by Gasteiger charge is -2.08. The van der Waals surface area contributed by atoms with Gasteiger partial charge >= 0.3 is 0 Å². The van der Waals surface area contributed by atoms with Crippen molar-refractivity contribution in [3.05, 3.63) is 49.6 Å². The van der Waals surface area contributed by atoms with E-state index in [4.69, 9.17) is 0 Å². The van der Waals surface area contributed by atoms with E-state index in [-0.39, 0.29) is 10.2 Å². The molecule has 0 aliphatic carbocycles. The van der Waals surface area contributed by atoms with Crippen LogP contribution in [-0.4, -0.2) is 11.7 Å². The van der Waals surface area contributed by atoms with Crippen molar-refractivity contribution in [3.63, 3.8) is 0 Å². The maximum absolute atomic E-state index is 13.7. The van der Waals surface area contributed by atoms with Gasteiger partial charge in [0.2, 0.25) is 0 Å². The number of amides is 1. The van der Waals surface area contributed by atoms with Gasteiger partial charge in [0.1, 0.15) is 11.6 Å². The summed E-state index contributed by atoms with van der Waals surface area (Å²) in [5, 5.41) is 2.43. The molecule has 3 rings (SSSR count). The highest BCUT2D eigenvalue weighted by Gasteiger charge is 2.19. The lowest BCUT2D eigenvalue weighted by molar-refractivity contribution is 0.103. The fourth-order valence-corrected chi connectivity index (χ4v) is 4.64. The quantitative estimate of drug-likeness (QED) is 0.745. The van der Waals surface area contributed by atoms with Crippen LogP contribution in [0.25, 0.3) is 0 Å². The first-order chi connectivity index (χ1) is 10.0. The van der Waals surface area contributed by atoms with Gasteiger partial charge < -0.3 is 5.32 Å². The van der Waals surface area contributed by atoms with Crippen molar-refractivity contribution in [2.45, 2.75) is 12.2 Å². The Kier molecular flexibility index (Phi) is 4.33. The molecule has 0 saturated heterocycles. The molecular formula is C14H10BrF2NOS2. The van der Waals surface area contributed by atoms with Crippen LogP contribution in [0.5, 0.6) is 0 Å². The van der Waals surface area contributed by atoms with Gasteiger partial charge in [0, 0.05) is 16.7 Å². The molecule has 0 atom stereocenters. The van der Waals surface area contributed by atoms with Gasteiger partial charge in [-0.05, 0) is 45.8 Å². The summed E-state index contributed by atoms with van der Waals surface area (Å²) in [5.74, 6) is 0.267. The van der Waals surface area contributed by atoms with E-state index >= 15 is 0 Å². The number of hydrogen-bond donors (Lipinski definition) is 1. The molecule has 1 aromatic carbocycles. The van der Waals surface area contributed by atoms with Crippen LogP contribution in [0, 0.1) is 11.6 Å². The Labute approximate surface area is 137 Å². The van der Waals surface area contributed by atoms with Crippen LogP contribution in [0.3, 0.4) is 0 Å². The first-order valence-corrected chi connectivity index (χ1v) is 8.96. The number of thioether (sulfide) groups is 1. The molecule has 2 nitrogen and oxygen atoms in total. The highest BCUT2D eigenvalue weighted by Crippen LogP contribution is 2.32. The Balaban J connectivity index is 1.83. The normalized spacial score (nSPS) is 13.9. The average Bonchev–Trinajstić information content (AvgIpc) is 2.88. The number of fused-ring (bicyclic) bond motifs is 1. The number of carbonyl (C=O) groups excluding carboxylic acids is 1. The lowest BCUT2D eigenvalue weighted by Crippen LogP contribution is -2.11. The van der Waals surface area contributed by atoms with Crippen molar-refractivity contribution in [2.75, 3.05) is 11.1 Å². The van der Waals surface area contributed by atoms with E-state index in [0.29, 0.717) is 4.88 Å². The van der Waals surface area contributed by atoms with Gasteiger partial charge in [-0.3, -0.25) is 4.79 Å². The van der Waals surface area contributed by atoms with Crippen LogP contribution < -0.4 is 5.32 Å². The summed E-state index contributed by atoms with van der Waals surface area (Å²) < 4.78 is 27.2. The number of aryl methyl sites for hydroxylation is 1. The lowest BCUT2D eigenvalue weighted by atomic mass is 10.2. The van der Waals surface area contributed by atoms with Crippen molar-refractivity contribution >= 4 is 50.6 Å². The average molecular weight is 390 g/mol. The van der Waals surface area contributed by atoms with Crippen molar-refractivity contribution in [1.82, 2.24) is 0 Å². The zero-order chi connectivity index (χ0) is 15.0. The minimum Gasteiger partial charge on any atom is -0.319 e. The molecule has 2 aromatic rings. The predicted octanol–water partition coefficient (Wildman–Crippen LogP) is 4.83. The third kappa shape index (κ3) is 3.14. The van der Waals surface area contributed by atoms with E-state index < -0.39 is 17.5 Å². The van der Waals surface area contributed by atoms with Crippen LogP contribution in [0.2, 0.25) is 0 Å². The highest BCUT2D eigenvalue weighted by atomic mass is 79.9. The fourth-order valence-electron chi connectivity index (χ4n) is 2.06. The van der Waals surface area contributed by atoms with E-state index in [2.05, 4.69) is 21.2 Å². The molecule has 21 heavy (non-hydrogen) atoms. The van der Waals surface area contributed by atoms with E-state index in [1.165, 1.54) is 21.8 Å². The van der Waals surface area contributed by atoms with Gasteiger partial charge in [0.25, 0.3) is 5.91 Å². The van der Waals surface area contributed by atoms with Crippen molar-refractivity contribution < 1.29 is 13.6 Å². The Morgan fingerprint density at radius 2 is 2.05 bits per heavy atom. The second-order valence-corrected chi connectivity index (χ2v) is 7.66. The van der Waals surface area contributed by atoms with Crippen molar-refractivity contribution in [1.29, 1.82) is 0 Å². The van der Waals surface area contributed by atoms with E-state index in [1.807, 2.05) is 17.8 Å². The molecule has 0 radical (unpaired) electrons. The van der Waals surface area contributed by atoms with Gasteiger partial charge in [-0.25, -0.2) is 8.78 Å². The number of nitrogens with one attached hydrogen (secondary N) is 1. The first kappa shape index (κ1) is 15.0. The molecule has 7 heteroatoms. The second kappa shape index (κ2) is 6.06. The molecular weight excluding hydrogens is 380 g/mol. The maximum Gasteiger partial charge on any atom is 0.265 e. The third-order valence-electron chi connectivity index (χ3n) is 3.11. The molecule has 0 saturated carbocycles. The summed E-state index contributed by atoms with van der Waals surface area (Å²) in [4.78, 5) is 13.9. The van der Waals surface area contributed by atoms with Crippen LogP contribution in [0.15, 0.2) is 22.7 Å². The molecule has 0 unspecified atom stereocenters. The summed E-state index contributed by atoms with van der Waals surface area (Å²) in [5.41, 5.74) is 1.02. The molecule has 110 valence electrons. The van der Waals surface area contributed by atoms with Crippen molar-refractivity contribution in [3.8, 4) is 0 Å². The highest BCUT2D eigenvalue weighted by molar-refractivity contribution is 9.10. The predicted molar refractivity (Wildman–Crippen MR) is 86.2 cm³/mol. The molecule has 1 aliphatic rings. The van der Waals surface area contributed by atoms with Gasteiger partial charge in [-0.1, -0.05) is 0 Å². The number of hydrogen-bond acceptors (Lipinski definition) is 3. The minimum atomic E-state index is -0.673. The number of benzene rings is 1. The molecule has 1 aromatic heterocycles. The van der Waals surface area contributed by atoms with Crippen molar-refractivity contribution in [2.24, 2.45) is 0 Å². The molecule has 1 amide bonds. The van der Waals surface area contributed by atoms with E-state index in [1.54, 1.807) is 0 Å². The molecule has 1 N–H and O–H groups in total. The molecule has 0 bridgehead atoms. The molecule has 1 aliphatic heterocycles. The molecule has 0 spiro atoms. The number of carbonyl (C=O) groups is 1. The van der Waals surface area contributed by atoms with Crippen LogP contribution in [0.4, 0.5) is 14.5 Å². The van der Waals surface area contributed by atoms with E-state index in [9.17, 15) is 13.6 Å². The standard InChI is InChI=1S/C14H10BrF2NOS2/c15-8-4-10(17)11(5-9(8)16)18-14(19)13-3-7-6-20-2-1-12(7)21-13/h3-5H,1-2,6H2,(H,18,19). The second-order valence-electron chi connectivity index (χ2n) is 4.56. The number of rotatable bonds is 2. The molecule has 0 fully saturated rings. The monoisotopic (exact) mass is 389 g/mol. The number of halogens is 3. The summed E-state index contributed by atoms with van der Waals surface area (Å²) in [6.07, 6.45) is 0.958. The molecule has 2 heterocycles.